The van der Waals surface area contributed by atoms with E-state index >= 15 is 0 Å². The minimum Gasteiger partial charge on any atom is -0.364 e. The second-order valence-corrected chi connectivity index (χ2v) is 7.35. The first kappa shape index (κ1) is 18.5. The van der Waals surface area contributed by atoms with E-state index in [4.69, 9.17) is 5.26 Å². The summed E-state index contributed by atoms with van der Waals surface area (Å²) >= 11 is 0. The maximum absolute atomic E-state index is 14.9. The molecule has 2 fully saturated rings. The van der Waals surface area contributed by atoms with E-state index < -0.39 is 17.8 Å². The van der Waals surface area contributed by atoms with Crippen molar-refractivity contribution in [3.63, 3.8) is 0 Å². The number of nitrogens with one attached hydrogen (secondary N) is 1. The fourth-order valence-electron chi connectivity index (χ4n) is 3.56. The number of halogens is 3. The van der Waals surface area contributed by atoms with Crippen molar-refractivity contribution in [2.45, 2.75) is 37.9 Å². The Labute approximate surface area is 161 Å². The van der Waals surface area contributed by atoms with Crippen molar-refractivity contribution >= 4 is 11.6 Å². The van der Waals surface area contributed by atoms with Gasteiger partial charge in [0, 0.05) is 30.8 Å². The van der Waals surface area contributed by atoms with Crippen LogP contribution in [0.15, 0.2) is 24.4 Å². The third kappa shape index (κ3) is 3.88. The van der Waals surface area contributed by atoms with Gasteiger partial charge in [0.1, 0.15) is 23.9 Å². The van der Waals surface area contributed by atoms with Crippen molar-refractivity contribution in [1.29, 1.82) is 5.26 Å². The van der Waals surface area contributed by atoms with Crippen molar-refractivity contribution in [3.05, 3.63) is 47.3 Å². The van der Waals surface area contributed by atoms with Crippen LogP contribution in [0.5, 0.6) is 0 Å². The van der Waals surface area contributed by atoms with Gasteiger partial charge in [-0.15, -0.1) is 0 Å². The lowest BCUT2D eigenvalue weighted by atomic mass is 9.88. The quantitative estimate of drug-likeness (QED) is 0.836. The second kappa shape index (κ2) is 7.66. The molecule has 5 nitrogen and oxygen atoms in total. The van der Waals surface area contributed by atoms with Crippen LogP contribution in [0.2, 0.25) is 0 Å². The van der Waals surface area contributed by atoms with Crippen molar-refractivity contribution in [2.75, 3.05) is 23.3 Å². The summed E-state index contributed by atoms with van der Waals surface area (Å²) in [5, 5.41) is 12.5. The van der Waals surface area contributed by atoms with E-state index in [1.54, 1.807) is 0 Å². The molecule has 0 amide bonds. The van der Waals surface area contributed by atoms with Gasteiger partial charge in [-0.25, -0.2) is 23.1 Å². The molecule has 2 aromatic rings. The Morgan fingerprint density at radius 3 is 2.57 bits per heavy atom. The van der Waals surface area contributed by atoms with Crippen LogP contribution in [0, 0.1) is 28.9 Å². The van der Waals surface area contributed by atoms with Crippen molar-refractivity contribution in [1.82, 2.24) is 9.97 Å². The number of alkyl halides is 1. The van der Waals surface area contributed by atoms with Gasteiger partial charge >= 0.3 is 0 Å². The van der Waals surface area contributed by atoms with Gasteiger partial charge < -0.3 is 10.2 Å². The van der Waals surface area contributed by atoms with Gasteiger partial charge in [-0.1, -0.05) is 6.07 Å². The Kier molecular flexibility index (Phi) is 5.07. The highest BCUT2D eigenvalue weighted by atomic mass is 19.1. The van der Waals surface area contributed by atoms with E-state index in [0.29, 0.717) is 43.6 Å². The molecular weight excluding hydrogens is 367 g/mol. The topological polar surface area (TPSA) is 64.8 Å². The van der Waals surface area contributed by atoms with Crippen LogP contribution in [0.4, 0.5) is 24.8 Å². The molecule has 0 radical (unpaired) electrons. The van der Waals surface area contributed by atoms with Crippen molar-refractivity contribution in [3.8, 4) is 6.07 Å². The molecule has 1 atom stereocenters. The van der Waals surface area contributed by atoms with Gasteiger partial charge in [-0.05, 0) is 37.7 Å². The molecule has 2 heterocycles. The van der Waals surface area contributed by atoms with Crippen LogP contribution in [0.25, 0.3) is 0 Å². The number of benzene rings is 1. The molecule has 146 valence electrons. The maximum atomic E-state index is 14.9. The lowest BCUT2D eigenvalue weighted by molar-refractivity contribution is 0.193. The molecule has 2 aliphatic rings. The van der Waals surface area contributed by atoms with Gasteiger partial charge in [0.2, 0.25) is 0 Å². The highest BCUT2D eigenvalue weighted by Crippen LogP contribution is 2.37. The SMILES string of the molecule is N#Cc1cnc(NC2CC2)c(N2CCC([C@@H](F)c3ccc(F)cc3F)CC2)n1. The lowest BCUT2D eigenvalue weighted by Gasteiger charge is -2.35. The Hall–Kier alpha value is -2.82. The first-order chi connectivity index (χ1) is 13.5. The molecule has 1 aromatic carbocycles. The number of hydrogen-bond acceptors (Lipinski definition) is 5. The highest BCUT2D eigenvalue weighted by Gasteiger charge is 2.32. The Morgan fingerprint density at radius 1 is 1.18 bits per heavy atom. The number of piperidine rings is 1. The smallest absolute Gasteiger partial charge is 0.173 e. The Bertz CT molecular complexity index is 901. The average Bonchev–Trinajstić information content (AvgIpc) is 3.52. The van der Waals surface area contributed by atoms with Crippen LogP contribution < -0.4 is 10.2 Å². The van der Waals surface area contributed by atoms with E-state index in [0.717, 1.165) is 25.0 Å². The fraction of sp³-hybridized carbons (Fsp3) is 0.450. The summed E-state index contributed by atoms with van der Waals surface area (Å²) in [7, 11) is 0. The molecule has 0 spiro atoms. The van der Waals surface area contributed by atoms with Crippen LogP contribution in [-0.2, 0) is 0 Å². The van der Waals surface area contributed by atoms with Gasteiger partial charge in [-0.3, -0.25) is 0 Å². The average molecular weight is 387 g/mol. The van der Waals surface area contributed by atoms with E-state index in [1.807, 2.05) is 11.0 Å². The van der Waals surface area contributed by atoms with E-state index in [-0.39, 0.29) is 17.2 Å². The minimum absolute atomic E-state index is 0.0952. The van der Waals surface area contributed by atoms with Gasteiger partial charge in [0.05, 0.1) is 6.20 Å². The molecule has 1 N–H and O–H groups in total. The molecule has 8 heteroatoms. The predicted molar refractivity (Wildman–Crippen MR) is 98.5 cm³/mol. The van der Waals surface area contributed by atoms with Crippen LogP contribution >= 0.6 is 0 Å². The summed E-state index contributed by atoms with van der Waals surface area (Å²) in [5.74, 6) is -0.675. The highest BCUT2D eigenvalue weighted by molar-refractivity contribution is 5.62. The van der Waals surface area contributed by atoms with Gasteiger partial charge in [0.25, 0.3) is 0 Å². The maximum Gasteiger partial charge on any atom is 0.173 e. The molecular formula is C20H20F3N5. The lowest BCUT2D eigenvalue weighted by Crippen LogP contribution is -2.36. The molecule has 4 rings (SSSR count). The molecule has 0 unspecified atom stereocenters. The van der Waals surface area contributed by atoms with Crippen molar-refractivity contribution in [2.24, 2.45) is 5.92 Å². The number of rotatable bonds is 5. The molecule has 28 heavy (non-hydrogen) atoms. The first-order valence-corrected chi connectivity index (χ1v) is 9.43. The predicted octanol–water partition coefficient (Wildman–Crippen LogP) is 4.13. The van der Waals surface area contributed by atoms with Crippen LogP contribution in [0.1, 0.15) is 43.1 Å². The molecule has 1 aliphatic heterocycles. The zero-order valence-electron chi connectivity index (χ0n) is 15.2. The fourth-order valence-corrected chi connectivity index (χ4v) is 3.56. The second-order valence-electron chi connectivity index (χ2n) is 7.35. The number of anilines is 2. The number of hydrogen-bond donors (Lipinski definition) is 1. The zero-order chi connectivity index (χ0) is 19.7. The Balaban J connectivity index is 1.47. The van der Waals surface area contributed by atoms with E-state index in [9.17, 15) is 13.2 Å². The van der Waals surface area contributed by atoms with Crippen molar-refractivity contribution < 1.29 is 13.2 Å². The summed E-state index contributed by atoms with van der Waals surface area (Å²) in [5.41, 5.74) is 0.137. The normalized spacial score (nSPS) is 18.6. The molecule has 1 aliphatic carbocycles. The number of nitrogens with zero attached hydrogens (tertiary/aromatic N) is 4. The summed E-state index contributed by atoms with van der Waals surface area (Å²) in [6.45, 7) is 1.05. The molecule has 0 bridgehead atoms. The summed E-state index contributed by atoms with van der Waals surface area (Å²) < 4.78 is 41.8. The largest absolute Gasteiger partial charge is 0.364 e. The molecule has 1 saturated heterocycles. The summed E-state index contributed by atoms with van der Waals surface area (Å²) in [6, 6.07) is 5.37. The van der Waals surface area contributed by atoms with E-state index in [1.165, 1.54) is 12.3 Å². The van der Waals surface area contributed by atoms with Gasteiger partial charge in [0.15, 0.2) is 17.3 Å². The van der Waals surface area contributed by atoms with Crippen LogP contribution in [-0.4, -0.2) is 29.1 Å². The third-order valence-electron chi connectivity index (χ3n) is 5.30. The first-order valence-electron chi connectivity index (χ1n) is 9.43. The third-order valence-corrected chi connectivity index (χ3v) is 5.30. The monoisotopic (exact) mass is 387 g/mol. The van der Waals surface area contributed by atoms with Gasteiger partial charge in [-0.2, -0.15) is 5.26 Å². The zero-order valence-corrected chi connectivity index (χ0v) is 15.2. The number of aromatic nitrogens is 2. The number of nitriles is 1. The van der Waals surface area contributed by atoms with E-state index in [2.05, 4.69) is 15.3 Å². The molecule has 1 saturated carbocycles. The summed E-state index contributed by atoms with van der Waals surface area (Å²) in [6.07, 6.45) is 3.11. The summed E-state index contributed by atoms with van der Waals surface area (Å²) in [4.78, 5) is 10.7. The standard InChI is InChI=1S/C20H20F3N5/c21-13-1-4-16(17(22)9-13)18(23)12-5-7-28(8-6-12)20-19(26-14-2-3-14)25-11-15(10-24)27-20/h1,4,9,11-12,14,18H,2-3,5-8H2,(H,25,26)/t18-/m1/s1. The minimum atomic E-state index is -1.48. The van der Waals surface area contributed by atoms with Crippen LogP contribution in [0.3, 0.4) is 0 Å². The Morgan fingerprint density at radius 2 is 1.93 bits per heavy atom. The molecule has 1 aromatic heterocycles.